The summed E-state index contributed by atoms with van der Waals surface area (Å²) in [6.07, 6.45) is 5.16. The van der Waals surface area contributed by atoms with Crippen LogP contribution in [0.15, 0.2) is 18.2 Å². The zero-order valence-electron chi connectivity index (χ0n) is 11.4. The SMILES string of the molecule is Cc1ccc2c(c1)C(NCCCC(C)C)CC2. The Balaban J connectivity index is 1.86. The second-order valence-electron chi connectivity index (χ2n) is 5.78. The van der Waals surface area contributed by atoms with Crippen LogP contribution < -0.4 is 5.32 Å². The van der Waals surface area contributed by atoms with Gasteiger partial charge in [-0.05, 0) is 56.2 Å². The van der Waals surface area contributed by atoms with Crippen LogP contribution in [0.3, 0.4) is 0 Å². The first-order valence-electron chi connectivity index (χ1n) is 6.99. The molecule has 0 spiro atoms. The van der Waals surface area contributed by atoms with E-state index in [0.717, 1.165) is 12.5 Å². The predicted octanol–water partition coefficient (Wildman–Crippen LogP) is 4.01. The number of rotatable bonds is 5. The monoisotopic (exact) mass is 231 g/mol. The second kappa shape index (κ2) is 5.68. The van der Waals surface area contributed by atoms with Crippen LogP contribution >= 0.6 is 0 Å². The zero-order valence-corrected chi connectivity index (χ0v) is 11.4. The Morgan fingerprint density at radius 3 is 2.94 bits per heavy atom. The Kier molecular flexibility index (Phi) is 4.22. The van der Waals surface area contributed by atoms with Gasteiger partial charge in [-0.25, -0.2) is 0 Å². The third kappa shape index (κ3) is 3.32. The lowest BCUT2D eigenvalue weighted by Crippen LogP contribution is -2.20. The summed E-state index contributed by atoms with van der Waals surface area (Å²) in [6.45, 7) is 7.95. The van der Waals surface area contributed by atoms with Gasteiger partial charge < -0.3 is 5.32 Å². The molecule has 1 aromatic carbocycles. The number of aryl methyl sites for hydroxylation is 2. The van der Waals surface area contributed by atoms with Crippen molar-refractivity contribution in [3.63, 3.8) is 0 Å². The topological polar surface area (TPSA) is 12.0 Å². The summed E-state index contributed by atoms with van der Waals surface area (Å²) in [5.74, 6) is 0.829. The number of hydrogen-bond donors (Lipinski definition) is 1. The summed E-state index contributed by atoms with van der Waals surface area (Å²) in [5, 5.41) is 3.72. The van der Waals surface area contributed by atoms with E-state index in [2.05, 4.69) is 44.3 Å². The third-order valence-corrected chi connectivity index (χ3v) is 3.73. The molecular weight excluding hydrogens is 206 g/mol. The van der Waals surface area contributed by atoms with E-state index in [0.29, 0.717) is 6.04 Å². The summed E-state index contributed by atoms with van der Waals surface area (Å²) >= 11 is 0. The van der Waals surface area contributed by atoms with Gasteiger partial charge >= 0.3 is 0 Å². The highest BCUT2D eigenvalue weighted by Crippen LogP contribution is 2.31. The quantitative estimate of drug-likeness (QED) is 0.755. The minimum atomic E-state index is 0.608. The highest BCUT2D eigenvalue weighted by Gasteiger charge is 2.21. The first kappa shape index (κ1) is 12.6. The van der Waals surface area contributed by atoms with E-state index in [1.54, 1.807) is 11.1 Å². The molecule has 0 saturated carbocycles. The van der Waals surface area contributed by atoms with Gasteiger partial charge in [-0.15, -0.1) is 0 Å². The third-order valence-electron chi connectivity index (χ3n) is 3.73. The van der Waals surface area contributed by atoms with Crippen molar-refractivity contribution >= 4 is 0 Å². The lowest BCUT2D eigenvalue weighted by Gasteiger charge is -2.15. The van der Waals surface area contributed by atoms with Crippen molar-refractivity contribution in [3.05, 3.63) is 34.9 Å². The summed E-state index contributed by atoms with van der Waals surface area (Å²) in [4.78, 5) is 0. The molecule has 0 fully saturated rings. The first-order chi connectivity index (χ1) is 8.16. The smallest absolute Gasteiger partial charge is 0.0326 e. The summed E-state index contributed by atoms with van der Waals surface area (Å²) < 4.78 is 0. The molecule has 1 nitrogen and oxygen atoms in total. The van der Waals surface area contributed by atoms with Crippen LogP contribution in [-0.2, 0) is 6.42 Å². The van der Waals surface area contributed by atoms with Crippen molar-refractivity contribution in [1.82, 2.24) is 5.32 Å². The molecule has 0 radical (unpaired) electrons. The van der Waals surface area contributed by atoms with Gasteiger partial charge in [0.25, 0.3) is 0 Å². The predicted molar refractivity (Wildman–Crippen MR) is 74.3 cm³/mol. The van der Waals surface area contributed by atoms with E-state index in [1.165, 1.54) is 31.2 Å². The second-order valence-corrected chi connectivity index (χ2v) is 5.78. The van der Waals surface area contributed by atoms with Crippen molar-refractivity contribution in [2.24, 2.45) is 5.92 Å². The van der Waals surface area contributed by atoms with Gasteiger partial charge in [0.1, 0.15) is 0 Å². The van der Waals surface area contributed by atoms with Crippen LogP contribution in [-0.4, -0.2) is 6.54 Å². The summed E-state index contributed by atoms with van der Waals surface area (Å²) in [6, 6.07) is 7.51. The van der Waals surface area contributed by atoms with Gasteiger partial charge in [-0.1, -0.05) is 37.6 Å². The molecular formula is C16H25N. The van der Waals surface area contributed by atoms with Crippen molar-refractivity contribution < 1.29 is 0 Å². The standard InChI is InChI=1S/C16H25N/c1-12(2)5-4-10-17-16-9-8-14-7-6-13(3)11-15(14)16/h6-7,11-12,16-17H,4-5,8-10H2,1-3H3. The largest absolute Gasteiger partial charge is 0.310 e. The van der Waals surface area contributed by atoms with Gasteiger partial charge in [-0.3, -0.25) is 0 Å². The maximum absolute atomic E-state index is 3.72. The lowest BCUT2D eigenvalue weighted by molar-refractivity contribution is 0.479. The average molecular weight is 231 g/mol. The van der Waals surface area contributed by atoms with Gasteiger partial charge in [0.15, 0.2) is 0 Å². The maximum Gasteiger partial charge on any atom is 0.0326 e. The molecule has 1 aliphatic carbocycles. The van der Waals surface area contributed by atoms with Gasteiger partial charge in [0.2, 0.25) is 0 Å². The van der Waals surface area contributed by atoms with Gasteiger partial charge in [-0.2, -0.15) is 0 Å². The van der Waals surface area contributed by atoms with Gasteiger partial charge in [0, 0.05) is 6.04 Å². The molecule has 0 amide bonds. The fraction of sp³-hybridized carbons (Fsp3) is 0.625. The van der Waals surface area contributed by atoms with Crippen LogP contribution in [0.25, 0.3) is 0 Å². The van der Waals surface area contributed by atoms with E-state index in [1.807, 2.05) is 0 Å². The Bertz CT molecular complexity index is 368. The normalized spacial score (nSPS) is 18.7. The summed E-state index contributed by atoms with van der Waals surface area (Å²) in [5.41, 5.74) is 4.49. The number of nitrogens with one attached hydrogen (secondary N) is 1. The fourth-order valence-corrected chi connectivity index (χ4v) is 2.72. The lowest BCUT2D eigenvalue weighted by atomic mass is 10.0. The van der Waals surface area contributed by atoms with Crippen molar-refractivity contribution in [3.8, 4) is 0 Å². The van der Waals surface area contributed by atoms with Crippen molar-refractivity contribution in [1.29, 1.82) is 0 Å². The zero-order chi connectivity index (χ0) is 12.3. The van der Waals surface area contributed by atoms with Crippen LogP contribution in [0.1, 0.15) is 55.8 Å². The van der Waals surface area contributed by atoms with E-state index >= 15 is 0 Å². The van der Waals surface area contributed by atoms with E-state index in [-0.39, 0.29) is 0 Å². The molecule has 0 bridgehead atoms. The van der Waals surface area contributed by atoms with Gasteiger partial charge in [0.05, 0.1) is 0 Å². The molecule has 1 atom stereocenters. The maximum atomic E-state index is 3.72. The molecule has 0 aliphatic heterocycles. The van der Waals surface area contributed by atoms with Crippen LogP contribution in [0, 0.1) is 12.8 Å². The van der Waals surface area contributed by atoms with E-state index in [9.17, 15) is 0 Å². The molecule has 0 heterocycles. The van der Waals surface area contributed by atoms with Crippen LogP contribution in [0.4, 0.5) is 0 Å². The van der Waals surface area contributed by atoms with Crippen molar-refractivity contribution in [2.75, 3.05) is 6.54 Å². The highest BCUT2D eigenvalue weighted by atomic mass is 14.9. The van der Waals surface area contributed by atoms with E-state index < -0.39 is 0 Å². The molecule has 2 rings (SSSR count). The molecule has 1 unspecified atom stereocenters. The minimum Gasteiger partial charge on any atom is -0.310 e. The molecule has 1 aliphatic rings. The van der Waals surface area contributed by atoms with Crippen molar-refractivity contribution in [2.45, 2.75) is 52.5 Å². The highest BCUT2D eigenvalue weighted by molar-refractivity contribution is 5.37. The van der Waals surface area contributed by atoms with E-state index in [4.69, 9.17) is 0 Å². The number of benzene rings is 1. The molecule has 0 saturated heterocycles. The average Bonchev–Trinajstić information content (AvgIpc) is 2.67. The van der Waals surface area contributed by atoms with Crippen LogP contribution in [0.5, 0.6) is 0 Å². The Labute approximate surface area is 106 Å². The molecule has 94 valence electrons. The molecule has 17 heavy (non-hydrogen) atoms. The molecule has 1 N–H and O–H groups in total. The Morgan fingerprint density at radius 1 is 1.35 bits per heavy atom. The Hall–Kier alpha value is -0.820. The summed E-state index contributed by atoms with van der Waals surface area (Å²) in [7, 11) is 0. The minimum absolute atomic E-state index is 0.608. The molecule has 1 aromatic rings. The van der Waals surface area contributed by atoms with Crippen LogP contribution in [0.2, 0.25) is 0 Å². The Morgan fingerprint density at radius 2 is 2.18 bits per heavy atom. The molecule has 0 aromatic heterocycles. The number of hydrogen-bond acceptors (Lipinski definition) is 1. The molecule has 1 heteroatoms. The first-order valence-corrected chi connectivity index (χ1v) is 6.99. The number of fused-ring (bicyclic) bond motifs is 1. The fourth-order valence-electron chi connectivity index (χ4n) is 2.72.